The summed E-state index contributed by atoms with van der Waals surface area (Å²) in [7, 11) is 0. The molecule has 2 atom stereocenters. The molecule has 0 spiro atoms. The van der Waals surface area contributed by atoms with Crippen LogP contribution >= 0.6 is 15.9 Å². The molecule has 3 fully saturated rings. The Bertz CT molecular complexity index is 1410. The van der Waals surface area contributed by atoms with Crippen LogP contribution in [0.1, 0.15) is 60.0 Å². The Labute approximate surface area is 234 Å². The number of fused-ring (bicyclic) bond motifs is 1. The summed E-state index contributed by atoms with van der Waals surface area (Å²) in [5, 5.41) is 6.89. The molecule has 3 aromatic rings. The zero-order valence-corrected chi connectivity index (χ0v) is 23.2. The predicted molar refractivity (Wildman–Crippen MR) is 146 cm³/mol. The van der Waals surface area contributed by atoms with Crippen LogP contribution in [-0.4, -0.2) is 64.3 Å². The highest BCUT2D eigenvalue weighted by Gasteiger charge is 2.40. The monoisotopic (exact) mass is 595 g/mol. The van der Waals surface area contributed by atoms with Gasteiger partial charge in [0.15, 0.2) is 5.76 Å². The summed E-state index contributed by atoms with van der Waals surface area (Å²) < 4.78 is 11.8. The quantitative estimate of drug-likeness (QED) is 0.324. The molecule has 2 aliphatic heterocycles. The molecule has 3 aromatic heterocycles. The van der Waals surface area contributed by atoms with Crippen LogP contribution in [0.15, 0.2) is 39.6 Å². The van der Waals surface area contributed by atoms with E-state index in [1.807, 2.05) is 30.2 Å². The van der Waals surface area contributed by atoms with Gasteiger partial charge in [-0.15, -0.1) is 0 Å². The molecule has 39 heavy (non-hydrogen) atoms. The van der Waals surface area contributed by atoms with Crippen molar-refractivity contribution in [3.63, 3.8) is 0 Å². The van der Waals surface area contributed by atoms with Crippen LogP contribution in [-0.2, 0) is 14.3 Å². The van der Waals surface area contributed by atoms with Crippen LogP contribution in [0.25, 0.3) is 11.0 Å². The van der Waals surface area contributed by atoms with E-state index < -0.39 is 6.04 Å². The summed E-state index contributed by atoms with van der Waals surface area (Å²) in [6, 6.07) is 5.34. The van der Waals surface area contributed by atoms with E-state index in [-0.39, 0.29) is 48.0 Å². The molecule has 0 aromatic carbocycles. The number of anilines is 1. The van der Waals surface area contributed by atoms with Gasteiger partial charge in [0.05, 0.1) is 29.8 Å². The number of Topliss-reactive ketones (excluding diaryl/α,β-unsaturated/α-hetero) is 1. The van der Waals surface area contributed by atoms with E-state index in [0.717, 1.165) is 24.1 Å². The van der Waals surface area contributed by atoms with Crippen LogP contribution in [0, 0.1) is 12.8 Å². The van der Waals surface area contributed by atoms with Gasteiger partial charge in [-0.25, -0.2) is 4.98 Å². The standard InChI is InChI=1S/C28H30BrN5O5/c1-15-2-7-18(31-13-15)19-12-20(32-19)25(36)26-24(23-21(39-26)8-9-30-27(23)29)33-28(37)16-3-5-17(6-4-16)34-10-11-38-14-22(34)35/h2,7-9,13,16-17,19-20,32H,3-6,10-12,14H2,1H3,(H,33,37). The Hall–Kier alpha value is -3.15. The molecule has 2 unspecified atom stereocenters. The van der Waals surface area contributed by atoms with E-state index in [4.69, 9.17) is 9.15 Å². The van der Waals surface area contributed by atoms with Gasteiger partial charge in [-0.1, -0.05) is 6.07 Å². The van der Waals surface area contributed by atoms with E-state index >= 15 is 0 Å². The maximum atomic E-state index is 13.6. The van der Waals surface area contributed by atoms with E-state index in [0.29, 0.717) is 53.7 Å². The van der Waals surface area contributed by atoms with Crippen molar-refractivity contribution in [2.45, 2.75) is 57.2 Å². The van der Waals surface area contributed by atoms with Gasteiger partial charge in [0.1, 0.15) is 22.5 Å². The van der Waals surface area contributed by atoms with Crippen molar-refractivity contribution in [2.75, 3.05) is 25.1 Å². The number of nitrogens with one attached hydrogen (secondary N) is 2. The Balaban J connectivity index is 1.17. The molecule has 1 saturated carbocycles. The second-order valence-corrected chi connectivity index (χ2v) is 11.3. The number of halogens is 1. The van der Waals surface area contributed by atoms with Crippen LogP contribution < -0.4 is 10.6 Å². The second kappa shape index (κ2) is 10.8. The maximum Gasteiger partial charge on any atom is 0.248 e. The van der Waals surface area contributed by atoms with Gasteiger partial charge >= 0.3 is 0 Å². The normalized spacial score (nSPS) is 25.4. The van der Waals surface area contributed by atoms with Crippen LogP contribution in [0.4, 0.5) is 5.69 Å². The first-order valence-electron chi connectivity index (χ1n) is 13.4. The fraction of sp³-hybridized carbons (Fsp3) is 0.464. The molecular weight excluding hydrogens is 566 g/mol. The van der Waals surface area contributed by atoms with Gasteiger partial charge in [-0.2, -0.15) is 0 Å². The summed E-state index contributed by atoms with van der Waals surface area (Å²) in [4.78, 5) is 49.9. The number of ketones is 1. The average molecular weight is 596 g/mol. The van der Waals surface area contributed by atoms with Gasteiger partial charge in [-0.05, 0) is 72.7 Å². The molecule has 2 amide bonds. The third-order valence-corrected chi connectivity index (χ3v) is 8.64. The predicted octanol–water partition coefficient (Wildman–Crippen LogP) is 3.94. The van der Waals surface area contributed by atoms with E-state index in [1.165, 1.54) is 0 Å². The number of hydrogen-bond acceptors (Lipinski definition) is 8. The summed E-state index contributed by atoms with van der Waals surface area (Å²) in [5.74, 6) is -0.458. The summed E-state index contributed by atoms with van der Waals surface area (Å²) in [6.45, 7) is 3.27. The maximum absolute atomic E-state index is 13.6. The SMILES string of the molecule is Cc1ccc(C2CC(C(=O)c3oc4ccnc(Br)c4c3NC(=O)C3CCC(N4CCOCC4=O)CC3)N2)nc1. The number of carbonyl (C=O) groups is 3. The Kier molecular flexibility index (Phi) is 7.22. The molecule has 0 radical (unpaired) electrons. The highest BCUT2D eigenvalue weighted by Crippen LogP contribution is 2.39. The van der Waals surface area contributed by atoms with Crippen molar-refractivity contribution >= 4 is 50.2 Å². The van der Waals surface area contributed by atoms with E-state index in [2.05, 4.69) is 36.5 Å². The van der Waals surface area contributed by atoms with Gasteiger partial charge in [0, 0.05) is 30.9 Å². The number of pyridine rings is 2. The second-order valence-electron chi connectivity index (χ2n) is 10.5. The number of carbonyl (C=O) groups excluding carboxylic acids is 3. The molecule has 6 rings (SSSR count). The molecule has 1 aliphatic carbocycles. The lowest BCUT2D eigenvalue weighted by molar-refractivity contribution is -0.146. The number of furan rings is 1. The Morgan fingerprint density at radius 1 is 1.15 bits per heavy atom. The summed E-state index contributed by atoms with van der Waals surface area (Å²) in [6.07, 6.45) is 6.83. The third-order valence-electron chi connectivity index (χ3n) is 8.04. The fourth-order valence-electron chi connectivity index (χ4n) is 5.78. The first-order valence-corrected chi connectivity index (χ1v) is 14.2. The highest BCUT2D eigenvalue weighted by atomic mass is 79.9. The molecule has 3 aliphatic rings. The van der Waals surface area contributed by atoms with Gasteiger partial charge in [0.2, 0.25) is 17.6 Å². The van der Waals surface area contributed by atoms with Crippen molar-refractivity contribution < 1.29 is 23.5 Å². The lowest BCUT2D eigenvalue weighted by atomic mass is 9.84. The lowest BCUT2D eigenvalue weighted by Gasteiger charge is -2.38. The van der Waals surface area contributed by atoms with Crippen molar-refractivity contribution in [3.05, 3.63) is 52.2 Å². The van der Waals surface area contributed by atoms with Crippen molar-refractivity contribution in [3.8, 4) is 0 Å². The molecule has 2 saturated heterocycles. The van der Waals surface area contributed by atoms with Gasteiger partial charge in [-0.3, -0.25) is 24.7 Å². The smallest absolute Gasteiger partial charge is 0.248 e. The molecular formula is C28H30BrN5O5. The summed E-state index contributed by atoms with van der Waals surface area (Å²) >= 11 is 3.46. The Morgan fingerprint density at radius 2 is 1.95 bits per heavy atom. The number of rotatable bonds is 6. The third kappa shape index (κ3) is 5.10. The molecule has 10 nitrogen and oxygen atoms in total. The number of hydrogen-bond donors (Lipinski definition) is 2. The average Bonchev–Trinajstić information content (AvgIpc) is 3.28. The number of aromatic nitrogens is 2. The molecule has 5 heterocycles. The fourth-order valence-corrected chi connectivity index (χ4v) is 6.29. The zero-order chi connectivity index (χ0) is 27.1. The molecule has 2 N–H and O–H groups in total. The minimum Gasteiger partial charge on any atom is -0.450 e. The molecule has 11 heteroatoms. The van der Waals surface area contributed by atoms with Crippen molar-refractivity contribution in [1.29, 1.82) is 0 Å². The first-order chi connectivity index (χ1) is 18.9. The Morgan fingerprint density at radius 3 is 2.67 bits per heavy atom. The van der Waals surface area contributed by atoms with Crippen molar-refractivity contribution in [1.82, 2.24) is 20.2 Å². The number of aryl methyl sites for hydroxylation is 1. The van der Waals surface area contributed by atoms with Crippen LogP contribution in [0.3, 0.4) is 0 Å². The lowest BCUT2D eigenvalue weighted by Crippen LogP contribution is -2.51. The van der Waals surface area contributed by atoms with Crippen LogP contribution in [0.2, 0.25) is 0 Å². The van der Waals surface area contributed by atoms with E-state index in [1.54, 1.807) is 12.3 Å². The first kappa shape index (κ1) is 26.1. The number of nitrogens with zero attached hydrogens (tertiary/aromatic N) is 3. The van der Waals surface area contributed by atoms with Crippen molar-refractivity contribution in [2.24, 2.45) is 5.92 Å². The summed E-state index contributed by atoms with van der Waals surface area (Å²) in [5.41, 5.74) is 2.80. The highest BCUT2D eigenvalue weighted by molar-refractivity contribution is 9.10. The number of ether oxygens (including phenoxy) is 1. The zero-order valence-electron chi connectivity index (χ0n) is 21.6. The molecule has 0 bridgehead atoms. The number of amides is 2. The largest absolute Gasteiger partial charge is 0.450 e. The van der Waals surface area contributed by atoms with Gasteiger partial charge < -0.3 is 19.4 Å². The topological polar surface area (TPSA) is 127 Å². The minimum atomic E-state index is -0.442. The van der Waals surface area contributed by atoms with E-state index in [9.17, 15) is 14.4 Å². The molecule has 204 valence electrons. The minimum absolute atomic E-state index is 0.0103. The van der Waals surface area contributed by atoms with Gasteiger partial charge in [0.25, 0.3) is 0 Å². The van der Waals surface area contributed by atoms with Crippen LogP contribution in [0.5, 0.6) is 0 Å². The number of morpholine rings is 1.